The molecule has 1 aliphatic heterocycles. The number of hydrogen-bond donors (Lipinski definition) is 1. The number of nitrogens with one attached hydrogen (secondary N) is 1. The first-order valence-corrected chi connectivity index (χ1v) is 7.47. The van der Waals surface area contributed by atoms with Gasteiger partial charge < -0.3 is 10.1 Å². The summed E-state index contributed by atoms with van der Waals surface area (Å²) in [7, 11) is 0. The lowest BCUT2D eigenvalue weighted by Crippen LogP contribution is -2.48. The average Bonchev–Trinajstić information content (AvgIpc) is 3.22. The Morgan fingerprint density at radius 3 is 2.74 bits per heavy atom. The van der Waals surface area contributed by atoms with Crippen LogP contribution in [0.4, 0.5) is 0 Å². The molecule has 3 heteroatoms. The number of nitrogens with zero attached hydrogens (tertiary/aromatic N) is 1. The van der Waals surface area contributed by atoms with Crippen LogP contribution in [0.3, 0.4) is 0 Å². The topological polar surface area (TPSA) is 24.5 Å². The second-order valence-corrected chi connectivity index (χ2v) is 5.99. The van der Waals surface area contributed by atoms with Crippen molar-refractivity contribution in [3.63, 3.8) is 0 Å². The fraction of sp³-hybridized carbons (Fsp3) is 0.625. The molecule has 0 spiro atoms. The molecule has 1 N–H and O–H groups in total. The van der Waals surface area contributed by atoms with Crippen LogP contribution in [-0.4, -0.2) is 37.2 Å². The molecule has 1 aromatic rings. The summed E-state index contributed by atoms with van der Waals surface area (Å²) in [5.74, 6) is 1.84. The van der Waals surface area contributed by atoms with Crippen molar-refractivity contribution in [3.8, 4) is 5.75 Å². The minimum Gasteiger partial charge on any atom is -0.493 e. The van der Waals surface area contributed by atoms with Crippen molar-refractivity contribution in [3.05, 3.63) is 29.8 Å². The van der Waals surface area contributed by atoms with Gasteiger partial charge in [-0.15, -0.1) is 0 Å². The predicted molar refractivity (Wildman–Crippen MR) is 77.4 cm³/mol. The normalized spacial score (nSPS) is 24.4. The Morgan fingerprint density at radius 1 is 1.26 bits per heavy atom. The van der Waals surface area contributed by atoms with Crippen molar-refractivity contribution >= 4 is 0 Å². The maximum absolute atomic E-state index is 5.77. The molecule has 3 nitrogen and oxygen atoms in total. The molecule has 0 unspecified atom stereocenters. The van der Waals surface area contributed by atoms with Crippen LogP contribution in [0.2, 0.25) is 0 Å². The molecule has 0 amide bonds. The summed E-state index contributed by atoms with van der Waals surface area (Å²) in [6.07, 6.45) is 2.69. The Hall–Kier alpha value is -1.06. The molecule has 0 bridgehead atoms. The smallest absolute Gasteiger partial charge is 0.119 e. The monoisotopic (exact) mass is 260 g/mol. The molecular formula is C16H24N2O. The second-order valence-electron chi connectivity index (χ2n) is 5.99. The van der Waals surface area contributed by atoms with E-state index in [1.165, 1.54) is 18.4 Å². The number of piperazine rings is 1. The molecule has 2 fully saturated rings. The highest BCUT2D eigenvalue weighted by Gasteiger charge is 2.21. The van der Waals surface area contributed by atoms with Gasteiger partial charge in [0.1, 0.15) is 5.75 Å². The van der Waals surface area contributed by atoms with E-state index >= 15 is 0 Å². The summed E-state index contributed by atoms with van der Waals surface area (Å²) in [5, 5.41) is 3.48. The van der Waals surface area contributed by atoms with Gasteiger partial charge in [0.2, 0.25) is 0 Å². The SMILES string of the molecule is C[C@H]1CN(Cc2ccc(OCC3CC3)cc2)CCN1. The highest BCUT2D eigenvalue weighted by atomic mass is 16.5. The molecule has 104 valence electrons. The maximum atomic E-state index is 5.77. The number of hydrogen-bond acceptors (Lipinski definition) is 3. The molecule has 0 radical (unpaired) electrons. The zero-order chi connectivity index (χ0) is 13.1. The number of ether oxygens (including phenoxy) is 1. The summed E-state index contributed by atoms with van der Waals surface area (Å²) in [6, 6.07) is 9.24. The fourth-order valence-electron chi connectivity index (χ4n) is 2.60. The molecule has 1 aliphatic carbocycles. The Bertz CT molecular complexity index is 400. The van der Waals surface area contributed by atoms with E-state index in [4.69, 9.17) is 4.74 Å². The standard InChI is InChI=1S/C16H24N2O/c1-13-10-18(9-8-17-13)11-14-4-6-16(7-5-14)19-12-15-2-3-15/h4-7,13,15,17H,2-3,8-12H2,1H3/t13-/m0/s1. The third-order valence-corrected chi connectivity index (χ3v) is 3.97. The van der Waals surface area contributed by atoms with Crippen LogP contribution in [0.5, 0.6) is 5.75 Å². The van der Waals surface area contributed by atoms with Crippen LogP contribution in [0.25, 0.3) is 0 Å². The van der Waals surface area contributed by atoms with Gasteiger partial charge >= 0.3 is 0 Å². The van der Waals surface area contributed by atoms with E-state index in [0.717, 1.165) is 44.5 Å². The summed E-state index contributed by atoms with van der Waals surface area (Å²) < 4.78 is 5.77. The van der Waals surface area contributed by atoms with Crippen molar-refractivity contribution in [2.24, 2.45) is 5.92 Å². The van der Waals surface area contributed by atoms with Crippen molar-refractivity contribution in [1.29, 1.82) is 0 Å². The lowest BCUT2D eigenvalue weighted by molar-refractivity contribution is 0.199. The zero-order valence-electron chi connectivity index (χ0n) is 11.8. The van der Waals surface area contributed by atoms with Crippen LogP contribution in [-0.2, 0) is 6.54 Å². The van der Waals surface area contributed by atoms with Gasteiger partial charge in [-0.3, -0.25) is 4.90 Å². The summed E-state index contributed by atoms with van der Waals surface area (Å²) in [4.78, 5) is 2.52. The maximum Gasteiger partial charge on any atom is 0.119 e. The van der Waals surface area contributed by atoms with E-state index in [0.29, 0.717) is 6.04 Å². The van der Waals surface area contributed by atoms with E-state index in [1.807, 2.05) is 0 Å². The number of benzene rings is 1. The van der Waals surface area contributed by atoms with Gasteiger partial charge in [0.05, 0.1) is 6.61 Å². The van der Waals surface area contributed by atoms with Gasteiger partial charge in [0, 0.05) is 32.2 Å². The molecule has 1 heterocycles. The van der Waals surface area contributed by atoms with Crippen molar-refractivity contribution in [2.45, 2.75) is 32.4 Å². The lowest BCUT2D eigenvalue weighted by Gasteiger charge is -2.31. The van der Waals surface area contributed by atoms with Crippen LogP contribution in [0, 0.1) is 5.92 Å². The molecule has 1 aromatic carbocycles. The first kappa shape index (κ1) is 12.9. The molecule has 19 heavy (non-hydrogen) atoms. The Kier molecular flexibility index (Phi) is 4.04. The van der Waals surface area contributed by atoms with Gasteiger partial charge in [-0.1, -0.05) is 12.1 Å². The molecule has 2 aliphatic rings. The largest absolute Gasteiger partial charge is 0.493 e. The van der Waals surface area contributed by atoms with E-state index in [9.17, 15) is 0 Å². The van der Waals surface area contributed by atoms with Crippen molar-refractivity contribution in [2.75, 3.05) is 26.2 Å². The first-order chi connectivity index (χ1) is 9.29. The van der Waals surface area contributed by atoms with Gasteiger partial charge in [-0.25, -0.2) is 0 Å². The van der Waals surface area contributed by atoms with Gasteiger partial charge in [-0.05, 0) is 43.4 Å². The summed E-state index contributed by atoms with van der Waals surface area (Å²) >= 11 is 0. The van der Waals surface area contributed by atoms with Gasteiger partial charge in [0.25, 0.3) is 0 Å². The highest BCUT2D eigenvalue weighted by Crippen LogP contribution is 2.29. The zero-order valence-corrected chi connectivity index (χ0v) is 11.8. The van der Waals surface area contributed by atoms with Crippen LogP contribution in [0.1, 0.15) is 25.3 Å². The van der Waals surface area contributed by atoms with E-state index in [1.54, 1.807) is 0 Å². The molecule has 3 rings (SSSR count). The predicted octanol–water partition coefficient (Wildman–Crippen LogP) is 2.27. The summed E-state index contributed by atoms with van der Waals surface area (Å²) in [6.45, 7) is 7.58. The van der Waals surface area contributed by atoms with Crippen LogP contribution in [0.15, 0.2) is 24.3 Å². The van der Waals surface area contributed by atoms with E-state index < -0.39 is 0 Å². The average molecular weight is 260 g/mol. The third-order valence-electron chi connectivity index (χ3n) is 3.97. The third kappa shape index (κ3) is 3.95. The Balaban J connectivity index is 1.50. The van der Waals surface area contributed by atoms with E-state index in [2.05, 4.69) is 41.4 Å². The highest BCUT2D eigenvalue weighted by molar-refractivity contribution is 5.27. The summed E-state index contributed by atoms with van der Waals surface area (Å²) in [5.41, 5.74) is 1.38. The molecule has 1 atom stereocenters. The Labute approximate surface area is 115 Å². The van der Waals surface area contributed by atoms with Crippen LogP contribution >= 0.6 is 0 Å². The molecule has 0 aromatic heterocycles. The number of rotatable bonds is 5. The quantitative estimate of drug-likeness (QED) is 0.879. The minimum absolute atomic E-state index is 0.606. The van der Waals surface area contributed by atoms with Gasteiger partial charge in [0.15, 0.2) is 0 Å². The Morgan fingerprint density at radius 2 is 2.05 bits per heavy atom. The van der Waals surface area contributed by atoms with Crippen molar-refractivity contribution < 1.29 is 4.74 Å². The lowest BCUT2D eigenvalue weighted by atomic mass is 10.1. The molecular weight excluding hydrogens is 236 g/mol. The minimum atomic E-state index is 0.606. The first-order valence-electron chi connectivity index (χ1n) is 7.47. The molecule has 1 saturated carbocycles. The van der Waals surface area contributed by atoms with Crippen LogP contribution < -0.4 is 10.1 Å². The van der Waals surface area contributed by atoms with Gasteiger partial charge in [-0.2, -0.15) is 0 Å². The molecule has 1 saturated heterocycles. The van der Waals surface area contributed by atoms with Crippen molar-refractivity contribution in [1.82, 2.24) is 10.2 Å². The second kappa shape index (κ2) is 5.93. The van der Waals surface area contributed by atoms with E-state index in [-0.39, 0.29) is 0 Å². The fourth-order valence-corrected chi connectivity index (χ4v) is 2.60.